The lowest BCUT2D eigenvalue weighted by atomic mass is 9.96. The topological polar surface area (TPSA) is 100 Å². The van der Waals surface area contributed by atoms with Crippen molar-refractivity contribution in [2.24, 2.45) is 4.99 Å². The molecule has 48 heavy (non-hydrogen) atoms. The molecule has 9 nitrogen and oxygen atoms in total. The van der Waals surface area contributed by atoms with Crippen LogP contribution in [0.1, 0.15) is 70.0 Å². The zero-order valence-electron chi connectivity index (χ0n) is 28.3. The van der Waals surface area contributed by atoms with E-state index in [-0.39, 0.29) is 24.8 Å². The minimum absolute atomic E-state index is 0.0279. The number of nitrogens with zero attached hydrogens (tertiary/aromatic N) is 4. The van der Waals surface area contributed by atoms with Gasteiger partial charge in [0.25, 0.3) is 0 Å². The second-order valence-electron chi connectivity index (χ2n) is 13.4. The summed E-state index contributed by atoms with van der Waals surface area (Å²) in [5.41, 5.74) is 7.82. The maximum Gasteiger partial charge on any atom is 0.410 e. The van der Waals surface area contributed by atoms with Gasteiger partial charge in [-0.05, 0) is 73.9 Å². The average Bonchev–Trinajstić information content (AvgIpc) is 3.88. The van der Waals surface area contributed by atoms with Crippen molar-refractivity contribution in [3.8, 4) is 22.4 Å². The Morgan fingerprint density at radius 2 is 1.60 bits per heavy atom. The number of amides is 2. The van der Waals surface area contributed by atoms with Gasteiger partial charge in [0, 0.05) is 31.9 Å². The molecule has 2 amide bonds. The molecule has 1 N–H and O–H groups in total. The Labute approximate surface area is 282 Å². The summed E-state index contributed by atoms with van der Waals surface area (Å²) in [5, 5.41) is 0. The lowest BCUT2D eigenvalue weighted by molar-refractivity contribution is 0.0227. The number of allylic oxidation sites excluding steroid dienone is 1. The van der Waals surface area contributed by atoms with Crippen molar-refractivity contribution >= 4 is 23.5 Å². The van der Waals surface area contributed by atoms with E-state index in [1.807, 2.05) is 69.1 Å². The molecule has 0 aliphatic carbocycles. The van der Waals surface area contributed by atoms with Gasteiger partial charge in [0.1, 0.15) is 18.0 Å². The highest BCUT2D eigenvalue weighted by molar-refractivity contribution is 6.03. The highest BCUT2D eigenvalue weighted by Gasteiger charge is 2.35. The number of carbonyl (C=O) groups excluding carboxylic acids is 2. The van der Waals surface area contributed by atoms with Crippen molar-refractivity contribution in [1.29, 1.82) is 0 Å². The molecule has 248 valence electrons. The Kier molecular flexibility index (Phi) is 9.48. The summed E-state index contributed by atoms with van der Waals surface area (Å²) in [6.07, 6.45) is 5.63. The van der Waals surface area contributed by atoms with Gasteiger partial charge in [-0.25, -0.2) is 14.6 Å². The molecule has 3 aromatic carbocycles. The Balaban J connectivity index is 1.04. The highest BCUT2D eigenvalue weighted by atomic mass is 16.6. The number of H-pyrrole nitrogens is 1. The third kappa shape index (κ3) is 7.51. The summed E-state index contributed by atoms with van der Waals surface area (Å²) >= 11 is 0. The zero-order valence-corrected chi connectivity index (χ0v) is 28.3. The van der Waals surface area contributed by atoms with Crippen LogP contribution in [0.3, 0.4) is 0 Å². The van der Waals surface area contributed by atoms with E-state index in [1.54, 1.807) is 18.1 Å². The number of imidazole rings is 1. The van der Waals surface area contributed by atoms with Gasteiger partial charge in [0.05, 0.1) is 24.0 Å². The molecule has 2 aliphatic heterocycles. The highest BCUT2D eigenvalue weighted by Crippen LogP contribution is 2.32. The first-order valence-electron chi connectivity index (χ1n) is 16.5. The van der Waals surface area contributed by atoms with Gasteiger partial charge in [-0.2, -0.15) is 0 Å². The van der Waals surface area contributed by atoms with Gasteiger partial charge in [0.15, 0.2) is 0 Å². The second-order valence-corrected chi connectivity index (χ2v) is 13.4. The summed E-state index contributed by atoms with van der Waals surface area (Å²) < 4.78 is 11.1. The monoisotopic (exact) mass is 645 g/mol. The quantitative estimate of drug-likeness (QED) is 0.207. The fourth-order valence-corrected chi connectivity index (χ4v) is 6.05. The zero-order chi connectivity index (χ0) is 33.8. The third-order valence-electron chi connectivity index (χ3n) is 8.87. The number of hydrogen-bond donors (Lipinski definition) is 1. The number of nitrogens with one attached hydrogen (secondary N) is 1. The van der Waals surface area contributed by atoms with Crippen LogP contribution in [-0.4, -0.2) is 62.9 Å². The smallest absolute Gasteiger partial charge is 0.410 e. The van der Waals surface area contributed by atoms with E-state index in [9.17, 15) is 9.59 Å². The molecule has 1 saturated heterocycles. The Morgan fingerprint density at radius 3 is 2.27 bits per heavy atom. The van der Waals surface area contributed by atoms with Crippen molar-refractivity contribution < 1.29 is 19.1 Å². The van der Waals surface area contributed by atoms with Gasteiger partial charge in [-0.3, -0.25) is 9.89 Å². The number of aromatic amines is 1. The van der Waals surface area contributed by atoms with Crippen LogP contribution in [-0.2, 0) is 16.1 Å². The molecular weight excluding hydrogens is 602 g/mol. The van der Waals surface area contributed by atoms with Gasteiger partial charge in [-0.1, -0.05) is 78.9 Å². The number of rotatable bonds is 8. The van der Waals surface area contributed by atoms with Gasteiger partial charge >= 0.3 is 12.2 Å². The largest absolute Gasteiger partial charge is 0.445 e. The molecule has 0 unspecified atom stereocenters. The number of aromatic nitrogens is 2. The van der Waals surface area contributed by atoms with E-state index in [0.717, 1.165) is 64.1 Å². The third-order valence-corrected chi connectivity index (χ3v) is 8.87. The molecule has 0 spiro atoms. The van der Waals surface area contributed by atoms with Crippen molar-refractivity contribution in [2.45, 2.75) is 71.2 Å². The predicted octanol–water partition coefficient (Wildman–Crippen LogP) is 8.66. The van der Waals surface area contributed by atoms with Crippen LogP contribution in [0.2, 0.25) is 0 Å². The maximum atomic E-state index is 12.9. The van der Waals surface area contributed by atoms with Gasteiger partial charge in [-0.15, -0.1) is 0 Å². The van der Waals surface area contributed by atoms with Gasteiger partial charge < -0.3 is 19.4 Å². The first-order chi connectivity index (χ1) is 23.1. The molecule has 0 bridgehead atoms. The van der Waals surface area contributed by atoms with Crippen molar-refractivity contribution in [3.63, 3.8) is 0 Å². The number of aliphatic imine (C=N–C) groups is 1. The molecule has 1 fully saturated rings. The Bertz CT molecular complexity index is 1800. The van der Waals surface area contributed by atoms with Crippen LogP contribution in [0.4, 0.5) is 9.59 Å². The summed E-state index contributed by atoms with van der Waals surface area (Å²) in [6, 6.07) is 26.3. The molecule has 4 aromatic rings. The lowest BCUT2D eigenvalue weighted by Gasteiger charge is -2.27. The first-order valence-corrected chi connectivity index (χ1v) is 16.5. The van der Waals surface area contributed by atoms with Crippen LogP contribution in [0.25, 0.3) is 28.0 Å². The molecule has 9 heteroatoms. The fraction of sp³-hybridized carbons (Fsp3) is 0.333. The molecular formula is C39H43N5O4. The molecule has 1 aromatic heterocycles. The summed E-state index contributed by atoms with van der Waals surface area (Å²) in [7, 11) is 1.71. The summed E-state index contributed by atoms with van der Waals surface area (Å²) in [6.45, 7) is 8.43. The number of benzene rings is 3. The van der Waals surface area contributed by atoms with Crippen LogP contribution < -0.4 is 0 Å². The van der Waals surface area contributed by atoms with E-state index < -0.39 is 11.7 Å². The normalized spacial score (nSPS) is 16.7. The predicted molar refractivity (Wildman–Crippen MR) is 188 cm³/mol. The fourth-order valence-electron chi connectivity index (χ4n) is 6.05. The van der Waals surface area contributed by atoms with E-state index in [2.05, 4.69) is 58.5 Å². The molecule has 0 saturated carbocycles. The lowest BCUT2D eigenvalue weighted by Crippen LogP contribution is -2.40. The number of carbonyl (C=O) groups is 2. The second kappa shape index (κ2) is 13.9. The van der Waals surface area contributed by atoms with Crippen molar-refractivity contribution in [2.75, 3.05) is 13.6 Å². The molecule has 6 rings (SSSR count). The minimum atomic E-state index is -0.563. The molecule has 3 heterocycles. The number of likely N-dealkylation sites (tertiary alicyclic amines) is 1. The van der Waals surface area contributed by atoms with Crippen molar-refractivity contribution in [1.82, 2.24) is 19.8 Å². The van der Waals surface area contributed by atoms with Crippen LogP contribution in [0, 0.1) is 0 Å². The SMILES string of the molecule is C[C@@H](c1ncc(-c2ccc(-c3ccc(C4=CN=C([C@@H]5CCCN5C(=O)OCc5ccccc5)C4)cc3)cc2)[nH]1)N(C)C(=O)OC(C)(C)C. The summed E-state index contributed by atoms with van der Waals surface area (Å²) in [4.78, 5) is 41.5. The maximum absolute atomic E-state index is 12.9. The van der Waals surface area contributed by atoms with Gasteiger partial charge in [0.2, 0.25) is 0 Å². The van der Waals surface area contributed by atoms with E-state index in [0.29, 0.717) is 12.4 Å². The minimum Gasteiger partial charge on any atom is -0.445 e. The molecule has 2 aliphatic rings. The number of ether oxygens (including phenoxy) is 2. The Morgan fingerprint density at radius 1 is 0.958 bits per heavy atom. The molecule has 0 radical (unpaired) electrons. The van der Waals surface area contributed by atoms with Crippen LogP contribution in [0.5, 0.6) is 0 Å². The molecule has 2 atom stereocenters. The van der Waals surface area contributed by atoms with E-state index in [4.69, 9.17) is 14.5 Å². The summed E-state index contributed by atoms with van der Waals surface area (Å²) in [5.74, 6) is 0.690. The first kappa shape index (κ1) is 32.7. The number of hydrogen-bond acceptors (Lipinski definition) is 6. The van der Waals surface area contributed by atoms with E-state index >= 15 is 0 Å². The van der Waals surface area contributed by atoms with E-state index in [1.165, 1.54) is 0 Å². The standard InChI is InChI=1S/C39H43N5O4/c1-26(43(5)37(45)48-39(2,3)4)36-41-24-34(42-36)31-19-17-29(18-20-31)28-13-15-30(16-14-28)32-22-33(40-23-32)35-12-9-21-44(35)38(46)47-25-27-10-7-6-8-11-27/h6-8,10-11,13-20,23-24,26,35H,9,12,21-22,25H2,1-5H3,(H,41,42)/t26-,35-/m0/s1. The Hall–Kier alpha value is -5.18. The van der Waals surface area contributed by atoms with Crippen LogP contribution in [0.15, 0.2) is 96.3 Å². The van der Waals surface area contributed by atoms with Crippen LogP contribution >= 0.6 is 0 Å². The van der Waals surface area contributed by atoms with Crippen molar-refractivity contribution in [3.05, 3.63) is 108 Å². The average molecular weight is 646 g/mol.